The minimum absolute atomic E-state index is 0.0453. The summed E-state index contributed by atoms with van der Waals surface area (Å²) in [6.45, 7) is 8.23. The number of carbonyl (C=O) groups is 3. The van der Waals surface area contributed by atoms with Crippen LogP contribution in [0.5, 0.6) is 11.5 Å². The number of unbranched alkanes of at least 4 members (excludes halogenated alkanes) is 2. The number of carbonyl (C=O) groups excluding carboxylic acids is 3. The van der Waals surface area contributed by atoms with Crippen molar-refractivity contribution < 1.29 is 38.8 Å². The summed E-state index contributed by atoms with van der Waals surface area (Å²) >= 11 is 2.02. The largest absolute Gasteiger partial charge is 0.493 e. The Bertz CT molecular complexity index is 1060. The third kappa shape index (κ3) is 10.7. The molecule has 0 saturated heterocycles. The number of rotatable bonds is 18. The monoisotopic (exact) mass is 686 g/mol. The fraction of sp³-hybridized carbons (Fsp3) is 0.567. The molecule has 0 radical (unpaired) electrons. The zero-order chi connectivity index (χ0) is 30.4. The SMILES string of the molecule is C=CCCCCC(=O)N(CCCOC(C)C)[C@@H]1CC(C(=O)NCCO)=C[C@H](Oc2c(I)cc(C=O)cc2OC)[C@H]1O. The average Bonchev–Trinajstić information content (AvgIpc) is 2.95. The molecule has 3 atom stereocenters. The Morgan fingerprint density at radius 2 is 2.02 bits per heavy atom. The highest BCUT2D eigenvalue weighted by Crippen LogP contribution is 2.37. The second-order valence-electron chi connectivity index (χ2n) is 10.1. The minimum Gasteiger partial charge on any atom is -0.493 e. The Kier molecular flexibility index (Phi) is 15.4. The lowest BCUT2D eigenvalue weighted by Gasteiger charge is -2.41. The number of allylic oxidation sites excluding steroid dienone is 1. The zero-order valence-electron chi connectivity index (χ0n) is 24.1. The third-order valence-electron chi connectivity index (χ3n) is 6.62. The summed E-state index contributed by atoms with van der Waals surface area (Å²) in [5.41, 5.74) is 0.734. The Morgan fingerprint density at radius 3 is 2.66 bits per heavy atom. The van der Waals surface area contributed by atoms with Crippen LogP contribution in [0.25, 0.3) is 0 Å². The number of benzene rings is 1. The molecule has 1 aliphatic rings. The number of amides is 2. The predicted octanol–water partition coefficient (Wildman–Crippen LogP) is 3.42. The number of methoxy groups -OCH3 is 1. The number of nitrogens with one attached hydrogen (secondary N) is 1. The van der Waals surface area contributed by atoms with E-state index in [1.165, 1.54) is 13.2 Å². The first kappa shape index (κ1) is 34.7. The van der Waals surface area contributed by atoms with Gasteiger partial charge in [0, 0.05) is 43.7 Å². The first-order valence-corrected chi connectivity index (χ1v) is 15.0. The molecule has 0 heterocycles. The lowest BCUT2D eigenvalue weighted by atomic mass is 9.87. The van der Waals surface area contributed by atoms with Gasteiger partial charge in [0.25, 0.3) is 0 Å². The van der Waals surface area contributed by atoms with E-state index in [1.807, 2.05) is 42.5 Å². The van der Waals surface area contributed by atoms with Crippen molar-refractivity contribution in [3.8, 4) is 11.5 Å². The summed E-state index contributed by atoms with van der Waals surface area (Å²) in [5, 5.41) is 23.5. The number of aliphatic hydroxyl groups is 2. The van der Waals surface area contributed by atoms with Crippen molar-refractivity contribution in [3.63, 3.8) is 0 Å². The van der Waals surface area contributed by atoms with E-state index in [4.69, 9.17) is 14.2 Å². The average molecular weight is 687 g/mol. The van der Waals surface area contributed by atoms with E-state index in [1.54, 1.807) is 17.0 Å². The molecule has 228 valence electrons. The normalized spacial score (nSPS) is 18.4. The highest BCUT2D eigenvalue weighted by molar-refractivity contribution is 14.1. The second-order valence-corrected chi connectivity index (χ2v) is 11.2. The summed E-state index contributed by atoms with van der Waals surface area (Å²) in [4.78, 5) is 39.5. The molecule has 0 bridgehead atoms. The number of aliphatic hydroxyl groups excluding tert-OH is 2. The van der Waals surface area contributed by atoms with Crippen molar-refractivity contribution in [2.75, 3.05) is 33.4 Å². The van der Waals surface area contributed by atoms with Gasteiger partial charge in [-0.2, -0.15) is 0 Å². The van der Waals surface area contributed by atoms with Crippen LogP contribution in [-0.4, -0.2) is 91.0 Å². The molecule has 1 aromatic rings. The number of nitrogens with zero attached hydrogens (tertiary/aromatic N) is 1. The van der Waals surface area contributed by atoms with E-state index < -0.39 is 24.2 Å². The molecule has 0 fully saturated rings. The van der Waals surface area contributed by atoms with Crippen LogP contribution in [0, 0.1) is 3.57 Å². The molecule has 0 unspecified atom stereocenters. The Labute approximate surface area is 256 Å². The van der Waals surface area contributed by atoms with Gasteiger partial charge in [-0.05, 0) is 80.3 Å². The van der Waals surface area contributed by atoms with Crippen LogP contribution in [0.2, 0.25) is 0 Å². The smallest absolute Gasteiger partial charge is 0.247 e. The molecule has 2 rings (SSSR count). The van der Waals surface area contributed by atoms with Gasteiger partial charge in [-0.25, -0.2) is 0 Å². The molecule has 0 aliphatic heterocycles. The Hall–Kier alpha value is -2.48. The van der Waals surface area contributed by atoms with E-state index in [-0.39, 0.29) is 31.6 Å². The van der Waals surface area contributed by atoms with Gasteiger partial charge in [0.15, 0.2) is 11.5 Å². The number of ether oxygens (including phenoxy) is 3. The quantitative estimate of drug-likeness (QED) is 0.0927. The fourth-order valence-corrected chi connectivity index (χ4v) is 5.33. The molecule has 0 spiro atoms. The van der Waals surface area contributed by atoms with Crippen molar-refractivity contribution in [3.05, 3.63) is 45.6 Å². The van der Waals surface area contributed by atoms with Crippen molar-refractivity contribution in [2.45, 2.75) is 76.7 Å². The third-order valence-corrected chi connectivity index (χ3v) is 7.42. The molecule has 41 heavy (non-hydrogen) atoms. The summed E-state index contributed by atoms with van der Waals surface area (Å²) in [6.07, 6.45) is 5.20. The van der Waals surface area contributed by atoms with Crippen molar-refractivity contribution in [2.24, 2.45) is 0 Å². The molecule has 0 saturated carbocycles. The molecule has 2 amide bonds. The Balaban J connectivity index is 2.44. The van der Waals surface area contributed by atoms with E-state index >= 15 is 0 Å². The number of hydrogen-bond donors (Lipinski definition) is 3. The highest BCUT2D eigenvalue weighted by atomic mass is 127. The number of hydrogen-bond acceptors (Lipinski definition) is 8. The molecule has 1 aromatic carbocycles. The summed E-state index contributed by atoms with van der Waals surface area (Å²) < 4.78 is 18.0. The van der Waals surface area contributed by atoms with Crippen LogP contribution >= 0.6 is 22.6 Å². The fourth-order valence-electron chi connectivity index (χ4n) is 4.58. The summed E-state index contributed by atoms with van der Waals surface area (Å²) in [5.74, 6) is 0.0707. The molecule has 1 aliphatic carbocycles. The van der Waals surface area contributed by atoms with E-state index in [2.05, 4.69) is 11.9 Å². The minimum atomic E-state index is -1.17. The van der Waals surface area contributed by atoms with Crippen LogP contribution in [0.15, 0.2) is 36.4 Å². The van der Waals surface area contributed by atoms with Gasteiger partial charge in [0.1, 0.15) is 18.5 Å². The Morgan fingerprint density at radius 1 is 1.27 bits per heavy atom. The predicted molar refractivity (Wildman–Crippen MR) is 164 cm³/mol. The van der Waals surface area contributed by atoms with Gasteiger partial charge in [0.2, 0.25) is 11.8 Å². The molecule has 0 aromatic heterocycles. The maximum atomic E-state index is 13.5. The van der Waals surface area contributed by atoms with Gasteiger partial charge in [-0.1, -0.05) is 6.08 Å². The summed E-state index contributed by atoms with van der Waals surface area (Å²) in [6, 6.07) is 2.41. The van der Waals surface area contributed by atoms with Gasteiger partial charge in [-0.15, -0.1) is 6.58 Å². The molecule has 11 heteroatoms. The molecular weight excluding hydrogens is 643 g/mol. The van der Waals surface area contributed by atoms with Crippen LogP contribution in [0.4, 0.5) is 0 Å². The van der Waals surface area contributed by atoms with Crippen molar-refractivity contribution in [1.29, 1.82) is 0 Å². The van der Waals surface area contributed by atoms with E-state index in [0.29, 0.717) is 64.9 Å². The van der Waals surface area contributed by atoms with E-state index in [0.717, 1.165) is 12.8 Å². The maximum absolute atomic E-state index is 13.5. The van der Waals surface area contributed by atoms with Gasteiger partial charge < -0.3 is 34.6 Å². The van der Waals surface area contributed by atoms with Gasteiger partial charge in [0.05, 0.1) is 29.4 Å². The number of halogens is 1. The topological polar surface area (TPSA) is 135 Å². The zero-order valence-corrected chi connectivity index (χ0v) is 26.3. The second kappa shape index (κ2) is 18.1. The molecule has 10 nitrogen and oxygen atoms in total. The maximum Gasteiger partial charge on any atom is 0.247 e. The van der Waals surface area contributed by atoms with Crippen molar-refractivity contribution in [1.82, 2.24) is 10.2 Å². The highest BCUT2D eigenvalue weighted by Gasteiger charge is 2.40. The molecule has 3 N–H and O–H groups in total. The summed E-state index contributed by atoms with van der Waals surface area (Å²) in [7, 11) is 1.45. The first-order valence-electron chi connectivity index (χ1n) is 14.0. The lowest BCUT2D eigenvalue weighted by molar-refractivity contribution is -0.139. The lowest BCUT2D eigenvalue weighted by Crippen LogP contribution is -2.55. The number of aldehydes is 1. The van der Waals surface area contributed by atoms with Gasteiger partial charge >= 0.3 is 0 Å². The standard InChI is InChI=1S/C30H43IN2O8/c1-5-6-7-8-10-27(36)33(12-9-14-40-20(2)3)24-17-22(30(38)32-11-13-34)18-25(28(24)37)41-29-23(31)15-21(19-35)16-26(29)39-4/h5,15-16,18-20,24-25,28,34,37H,1,6-14,17H2,2-4H3,(H,32,38)/t24-,25+,28+/m1/s1. The molecular formula is C30H43IN2O8. The van der Waals surface area contributed by atoms with Crippen LogP contribution < -0.4 is 14.8 Å². The van der Waals surface area contributed by atoms with Crippen molar-refractivity contribution >= 4 is 40.7 Å². The van der Waals surface area contributed by atoms with Crippen LogP contribution in [0.1, 0.15) is 62.7 Å². The van der Waals surface area contributed by atoms with Crippen LogP contribution in [0.3, 0.4) is 0 Å². The van der Waals surface area contributed by atoms with E-state index in [9.17, 15) is 24.6 Å². The first-order chi connectivity index (χ1) is 19.7. The van der Waals surface area contributed by atoms with Crippen LogP contribution in [-0.2, 0) is 14.3 Å². The van der Waals surface area contributed by atoms with Gasteiger partial charge in [-0.3, -0.25) is 14.4 Å².